The fourth-order valence-electron chi connectivity index (χ4n) is 1.32. The smallest absolute Gasteiger partial charge is 0.129 e. The van der Waals surface area contributed by atoms with E-state index in [-0.39, 0.29) is 12.1 Å². The molecule has 0 aliphatic heterocycles. The zero-order valence-electron chi connectivity index (χ0n) is 10.3. The summed E-state index contributed by atoms with van der Waals surface area (Å²) in [4.78, 5) is 6.38. The van der Waals surface area contributed by atoms with Crippen LogP contribution < -0.4 is 4.90 Å². The highest BCUT2D eigenvalue weighted by Crippen LogP contribution is 2.26. The van der Waals surface area contributed by atoms with Gasteiger partial charge in [0.2, 0.25) is 0 Å². The minimum Gasteiger partial charge on any atom is -0.392 e. The van der Waals surface area contributed by atoms with Gasteiger partial charge in [0.05, 0.1) is 11.6 Å². The van der Waals surface area contributed by atoms with Crippen LogP contribution in [0.15, 0.2) is 12.3 Å². The van der Waals surface area contributed by atoms with Gasteiger partial charge in [-0.3, -0.25) is 0 Å². The number of nitrogens with zero attached hydrogens (tertiary/aromatic N) is 2. The lowest BCUT2D eigenvalue weighted by molar-refractivity contribution is 0.281. The molecule has 0 fully saturated rings. The second-order valence-corrected chi connectivity index (χ2v) is 4.92. The molecule has 1 heterocycles. The number of hydrogen-bond donors (Lipinski definition) is 1. The topological polar surface area (TPSA) is 36.4 Å². The van der Waals surface area contributed by atoms with Crippen LogP contribution in [0.4, 0.5) is 5.82 Å². The number of aliphatic hydroxyl groups is 1. The number of aliphatic hydroxyl groups excluding tert-OH is 1. The second kappa shape index (κ2) is 5.02. The molecule has 4 heteroatoms. The van der Waals surface area contributed by atoms with Crippen molar-refractivity contribution in [2.75, 3.05) is 11.9 Å². The normalized spacial score (nSPS) is 11.6. The highest BCUT2D eigenvalue weighted by Gasteiger charge is 2.22. The first-order valence-electron chi connectivity index (χ1n) is 5.41. The molecule has 90 valence electrons. The zero-order valence-corrected chi connectivity index (χ0v) is 11.0. The van der Waals surface area contributed by atoms with Crippen molar-refractivity contribution in [2.24, 2.45) is 0 Å². The Bertz CT molecular complexity index is 366. The van der Waals surface area contributed by atoms with Crippen LogP contribution in [-0.4, -0.2) is 22.7 Å². The summed E-state index contributed by atoms with van der Waals surface area (Å²) in [6, 6.07) is 1.83. The van der Waals surface area contributed by atoms with Gasteiger partial charge < -0.3 is 10.0 Å². The zero-order chi connectivity index (χ0) is 12.3. The number of pyridine rings is 1. The summed E-state index contributed by atoms with van der Waals surface area (Å²) in [6.07, 6.45) is 2.60. The molecule has 0 bridgehead atoms. The quantitative estimate of drug-likeness (QED) is 0.882. The minimum atomic E-state index is -0.0608. The molecule has 0 saturated carbocycles. The first kappa shape index (κ1) is 13.3. The maximum atomic E-state index is 9.15. The molecule has 3 nitrogen and oxygen atoms in total. The third-order valence-electron chi connectivity index (χ3n) is 3.21. The number of aromatic nitrogens is 1. The molecule has 1 aromatic rings. The fraction of sp³-hybridized carbons (Fsp3) is 0.583. The van der Waals surface area contributed by atoms with E-state index in [1.165, 1.54) is 0 Å². The average molecular weight is 243 g/mol. The highest BCUT2D eigenvalue weighted by molar-refractivity contribution is 6.31. The Hall–Kier alpha value is -0.800. The largest absolute Gasteiger partial charge is 0.392 e. The third-order valence-corrected chi connectivity index (χ3v) is 3.55. The van der Waals surface area contributed by atoms with Crippen LogP contribution in [0.2, 0.25) is 5.02 Å². The molecule has 0 radical (unpaired) electrons. The molecule has 0 aliphatic rings. The third kappa shape index (κ3) is 2.66. The van der Waals surface area contributed by atoms with Crippen molar-refractivity contribution in [3.63, 3.8) is 0 Å². The molecule has 0 saturated heterocycles. The van der Waals surface area contributed by atoms with Crippen molar-refractivity contribution in [3.8, 4) is 0 Å². The van der Waals surface area contributed by atoms with Crippen molar-refractivity contribution in [3.05, 3.63) is 22.8 Å². The van der Waals surface area contributed by atoms with Gasteiger partial charge in [0.1, 0.15) is 5.82 Å². The van der Waals surface area contributed by atoms with Crippen molar-refractivity contribution in [1.82, 2.24) is 4.98 Å². The number of rotatable bonds is 4. The van der Waals surface area contributed by atoms with Gasteiger partial charge in [0, 0.05) is 24.3 Å². The van der Waals surface area contributed by atoms with E-state index in [9.17, 15) is 0 Å². The maximum absolute atomic E-state index is 9.15. The molecule has 0 atom stereocenters. The summed E-state index contributed by atoms with van der Waals surface area (Å²) in [6.45, 7) is 6.39. The van der Waals surface area contributed by atoms with E-state index in [2.05, 4.69) is 30.7 Å². The first-order valence-corrected chi connectivity index (χ1v) is 5.79. The second-order valence-electron chi connectivity index (χ2n) is 4.52. The number of halogens is 1. The van der Waals surface area contributed by atoms with Crippen molar-refractivity contribution in [1.29, 1.82) is 0 Å². The van der Waals surface area contributed by atoms with Gasteiger partial charge in [-0.25, -0.2) is 4.98 Å². The van der Waals surface area contributed by atoms with Crippen LogP contribution >= 0.6 is 11.6 Å². The van der Waals surface area contributed by atoms with Crippen molar-refractivity contribution < 1.29 is 5.11 Å². The molecule has 0 spiro atoms. The summed E-state index contributed by atoms with van der Waals surface area (Å²) in [5.74, 6) is 0.834. The number of hydrogen-bond acceptors (Lipinski definition) is 3. The predicted octanol–water partition coefficient (Wildman–Crippen LogP) is 2.85. The first-order chi connectivity index (χ1) is 7.42. The molecule has 0 aromatic carbocycles. The SMILES string of the molecule is CCC(C)(C)N(C)c1cc(CO)c(Cl)cn1. The van der Waals surface area contributed by atoms with E-state index in [1.807, 2.05) is 13.1 Å². The van der Waals surface area contributed by atoms with E-state index in [0.717, 1.165) is 12.2 Å². The predicted molar refractivity (Wildman–Crippen MR) is 67.9 cm³/mol. The Morgan fingerprint density at radius 1 is 1.50 bits per heavy atom. The molecule has 1 N–H and O–H groups in total. The van der Waals surface area contributed by atoms with E-state index in [4.69, 9.17) is 16.7 Å². The van der Waals surface area contributed by atoms with E-state index in [1.54, 1.807) is 6.20 Å². The summed E-state index contributed by atoms with van der Waals surface area (Å²) in [5, 5.41) is 9.66. The summed E-state index contributed by atoms with van der Waals surface area (Å²) in [7, 11) is 2.00. The van der Waals surface area contributed by atoms with Crippen LogP contribution in [0, 0.1) is 0 Å². The molecular formula is C12H19ClN2O. The highest BCUT2D eigenvalue weighted by atomic mass is 35.5. The molecular weight excluding hydrogens is 224 g/mol. The van der Waals surface area contributed by atoms with Gasteiger partial charge in [0.15, 0.2) is 0 Å². The lowest BCUT2D eigenvalue weighted by atomic mass is 10.00. The number of anilines is 1. The molecule has 0 unspecified atom stereocenters. The fourth-order valence-corrected chi connectivity index (χ4v) is 1.48. The van der Waals surface area contributed by atoms with Gasteiger partial charge in [-0.15, -0.1) is 0 Å². The van der Waals surface area contributed by atoms with Crippen LogP contribution in [0.1, 0.15) is 32.8 Å². The van der Waals surface area contributed by atoms with E-state index >= 15 is 0 Å². The molecule has 0 amide bonds. The molecule has 0 aliphatic carbocycles. The molecule has 16 heavy (non-hydrogen) atoms. The Balaban J connectivity index is 3.05. The van der Waals surface area contributed by atoms with Gasteiger partial charge >= 0.3 is 0 Å². The van der Waals surface area contributed by atoms with Gasteiger partial charge in [-0.05, 0) is 26.3 Å². The lowest BCUT2D eigenvalue weighted by Gasteiger charge is -2.36. The summed E-state index contributed by atoms with van der Waals surface area (Å²) >= 11 is 5.91. The Kier molecular flexibility index (Phi) is 4.16. The van der Waals surface area contributed by atoms with Crippen LogP contribution in [-0.2, 0) is 6.61 Å². The van der Waals surface area contributed by atoms with Gasteiger partial charge in [-0.2, -0.15) is 0 Å². The lowest BCUT2D eigenvalue weighted by Crippen LogP contribution is -2.41. The van der Waals surface area contributed by atoms with Crippen LogP contribution in [0.5, 0.6) is 0 Å². The Morgan fingerprint density at radius 2 is 2.12 bits per heavy atom. The van der Waals surface area contributed by atoms with E-state index in [0.29, 0.717) is 10.6 Å². The monoisotopic (exact) mass is 242 g/mol. The molecule has 1 aromatic heterocycles. The van der Waals surface area contributed by atoms with Crippen molar-refractivity contribution in [2.45, 2.75) is 39.3 Å². The van der Waals surface area contributed by atoms with Gasteiger partial charge in [0.25, 0.3) is 0 Å². The minimum absolute atomic E-state index is 0.0353. The van der Waals surface area contributed by atoms with E-state index < -0.39 is 0 Å². The van der Waals surface area contributed by atoms with Gasteiger partial charge in [-0.1, -0.05) is 18.5 Å². The van der Waals surface area contributed by atoms with Crippen molar-refractivity contribution >= 4 is 17.4 Å². The molecule has 1 rings (SSSR count). The maximum Gasteiger partial charge on any atom is 0.129 e. The summed E-state index contributed by atoms with van der Waals surface area (Å²) < 4.78 is 0. The Labute approximate surface area is 102 Å². The van der Waals surface area contributed by atoms with Crippen LogP contribution in [0.25, 0.3) is 0 Å². The van der Waals surface area contributed by atoms with Crippen LogP contribution in [0.3, 0.4) is 0 Å². The summed E-state index contributed by atoms with van der Waals surface area (Å²) in [5.41, 5.74) is 0.749. The Morgan fingerprint density at radius 3 is 2.62 bits per heavy atom. The standard InChI is InChI=1S/C12H19ClN2O/c1-5-12(2,3)15(4)11-6-9(8-16)10(13)7-14-11/h6-7,16H,5,8H2,1-4H3. The average Bonchev–Trinajstić information content (AvgIpc) is 2.28.